The predicted molar refractivity (Wildman–Crippen MR) is 113 cm³/mol. The van der Waals surface area contributed by atoms with Crippen LogP contribution < -0.4 is 0 Å². The fraction of sp³-hybridized carbons (Fsp3) is 0.840. The van der Waals surface area contributed by atoms with Crippen LogP contribution in [0.5, 0.6) is 0 Å². The van der Waals surface area contributed by atoms with E-state index in [0.29, 0.717) is 5.41 Å². The van der Waals surface area contributed by atoms with Gasteiger partial charge < -0.3 is 10.2 Å². The van der Waals surface area contributed by atoms with Crippen molar-refractivity contribution in [3.8, 4) is 0 Å². The molecule has 0 amide bonds. The topological polar surface area (TPSA) is 40.5 Å². The third kappa shape index (κ3) is 4.37. The zero-order valence-electron chi connectivity index (χ0n) is 18.1. The van der Waals surface area contributed by atoms with Crippen LogP contribution in [0, 0.1) is 29.1 Å². The summed E-state index contributed by atoms with van der Waals surface area (Å²) in [6, 6.07) is 0. The molecule has 0 aromatic carbocycles. The second-order valence-electron chi connectivity index (χ2n) is 10.2. The van der Waals surface area contributed by atoms with Gasteiger partial charge in [0.05, 0.1) is 12.2 Å². The average Bonchev–Trinajstić information content (AvgIpc) is 2.99. The molecule has 7 atom stereocenters. The molecule has 3 aliphatic rings. The molecule has 0 radical (unpaired) electrons. The Hall–Kier alpha value is -0.600. The molecule has 0 spiro atoms. The predicted octanol–water partition coefficient (Wildman–Crippen LogP) is 6.03. The minimum Gasteiger partial charge on any atom is -0.392 e. The lowest BCUT2D eigenvalue weighted by atomic mass is 9.60. The highest BCUT2D eigenvalue weighted by molar-refractivity contribution is 5.26. The zero-order chi connectivity index (χ0) is 19.6. The van der Waals surface area contributed by atoms with Crippen molar-refractivity contribution in [3.63, 3.8) is 0 Å². The Morgan fingerprint density at radius 1 is 1.15 bits per heavy atom. The molecule has 2 N–H and O–H groups in total. The normalized spacial score (nSPS) is 43.9. The molecule has 3 aliphatic carbocycles. The van der Waals surface area contributed by atoms with E-state index in [9.17, 15) is 10.2 Å². The summed E-state index contributed by atoms with van der Waals surface area (Å²) in [6.07, 6.45) is 16.0. The molecule has 27 heavy (non-hydrogen) atoms. The number of aliphatic hydroxyl groups is 2. The Balaban J connectivity index is 1.73. The van der Waals surface area contributed by atoms with Crippen molar-refractivity contribution in [1.29, 1.82) is 0 Å². The number of aliphatic hydroxyl groups excluding tert-OH is 2. The van der Waals surface area contributed by atoms with Crippen LogP contribution in [0.2, 0.25) is 0 Å². The molecule has 0 saturated heterocycles. The second-order valence-corrected chi connectivity index (χ2v) is 10.2. The lowest BCUT2D eigenvalue weighted by Gasteiger charge is -2.44. The number of unbranched alkanes of at least 4 members (excludes halogenated alkanes) is 1. The van der Waals surface area contributed by atoms with E-state index in [1.54, 1.807) is 5.57 Å². The van der Waals surface area contributed by atoms with E-state index >= 15 is 0 Å². The van der Waals surface area contributed by atoms with Crippen LogP contribution in [-0.4, -0.2) is 22.4 Å². The minimum atomic E-state index is -0.398. The molecule has 0 aromatic heterocycles. The molecule has 3 fully saturated rings. The fourth-order valence-electron chi connectivity index (χ4n) is 6.55. The number of hydrogen-bond donors (Lipinski definition) is 2. The molecule has 0 aliphatic heterocycles. The molecule has 2 nitrogen and oxygen atoms in total. The molecule has 0 aromatic rings. The smallest absolute Gasteiger partial charge is 0.0627 e. The van der Waals surface area contributed by atoms with Gasteiger partial charge in [-0.1, -0.05) is 70.3 Å². The summed E-state index contributed by atoms with van der Waals surface area (Å²) in [5.74, 6) is 2.47. The summed E-state index contributed by atoms with van der Waals surface area (Å²) in [6.45, 7) is 9.34. The maximum atomic E-state index is 10.2. The molecule has 2 unspecified atom stereocenters. The Morgan fingerprint density at radius 3 is 2.52 bits per heavy atom. The number of fused-ring (bicyclic) bond motifs is 1. The summed E-state index contributed by atoms with van der Waals surface area (Å²) < 4.78 is 0. The highest BCUT2D eigenvalue weighted by atomic mass is 16.3. The SMILES string of the molecule is CCCC[C@H](C)[C@H]1CC[C@H]2/C(=C/C=C3CC(O)C(C)[C@H](O)C3)CCC[C@]12C. The molecule has 3 saturated carbocycles. The lowest BCUT2D eigenvalue weighted by molar-refractivity contribution is 0.00407. The first kappa shape index (κ1) is 21.1. The standard InChI is InChI=1S/C25H42O2/c1-5-6-8-17(2)21-12-13-22-20(9-7-14-25(21,22)4)11-10-19-15-23(26)18(3)24(27)16-19/h10-11,17-18,21-24,26-27H,5-9,12-16H2,1-4H3/b19-10?,20-11+/t17-,18?,21+,22-,23+,24?,25+/m0/s1. The van der Waals surface area contributed by atoms with Crippen LogP contribution in [0.3, 0.4) is 0 Å². The maximum Gasteiger partial charge on any atom is 0.0627 e. The Kier molecular flexibility index (Phi) is 6.90. The van der Waals surface area contributed by atoms with E-state index in [-0.39, 0.29) is 5.92 Å². The zero-order valence-corrected chi connectivity index (χ0v) is 18.1. The average molecular weight is 375 g/mol. The van der Waals surface area contributed by atoms with Crippen molar-refractivity contribution in [1.82, 2.24) is 0 Å². The van der Waals surface area contributed by atoms with E-state index in [2.05, 4.69) is 32.9 Å². The highest BCUT2D eigenvalue weighted by Gasteiger charge is 2.50. The molecule has 154 valence electrons. The first-order chi connectivity index (χ1) is 12.9. The van der Waals surface area contributed by atoms with E-state index in [1.807, 2.05) is 6.92 Å². The number of rotatable bonds is 5. The van der Waals surface area contributed by atoms with Crippen LogP contribution >= 0.6 is 0 Å². The van der Waals surface area contributed by atoms with Gasteiger partial charge in [-0.2, -0.15) is 0 Å². The van der Waals surface area contributed by atoms with Gasteiger partial charge >= 0.3 is 0 Å². The summed E-state index contributed by atoms with van der Waals surface area (Å²) in [5, 5.41) is 20.4. The Bertz CT molecular complexity index is 549. The van der Waals surface area contributed by atoms with E-state index < -0.39 is 12.2 Å². The summed E-state index contributed by atoms with van der Waals surface area (Å²) in [4.78, 5) is 0. The van der Waals surface area contributed by atoms with Gasteiger partial charge in [0, 0.05) is 5.92 Å². The van der Waals surface area contributed by atoms with Crippen molar-refractivity contribution in [2.24, 2.45) is 29.1 Å². The quantitative estimate of drug-likeness (QED) is 0.616. The van der Waals surface area contributed by atoms with Crippen LogP contribution in [0.1, 0.15) is 91.9 Å². The maximum absolute atomic E-state index is 10.2. The van der Waals surface area contributed by atoms with Crippen molar-refractivity contribution < 1.29 is 10.2 Å². The van der Waals surface area contributed by atoms with Crippen LogP contribution in [-0.2, 0) is 0 Å². The number of allylic oxidation sites excluding steroid dienone is 3. The molecular formula is C25H42O2. The first-order valence-corrected chi connectivity index (χ1v) is 11.6. The summed E-state index contributed by atoms with van der Waals surface area (Å²) in [7, 11) is 0. The van der Waals surface area contributed by atoms with Gasteiger partial charge in [-0.3, -0.25) is 0 Å². The third-order valence-corrected chi connectivity index (χ3v) is 8.43. The van der Waals surface area contributed by atoms with Gasteiger partial charge in [0.2, 0.25) is 0 Å². The largest absolute Gasteiger partial charge is 0.392 e. The van der Waals surface area contributed by atoms with Gasteiger partial charge in [-0.15, -0.1) is 0 Å². The lowest BCUT2D eigenvalue weighted by Crippen LogP contribution is -2.36. The van der Waals surface area contributed by atoms with Crippen molar-refractivity contribution in [2.75, 3.05) is 0 Å². The van der Waals surface area contributed by atoms with E-state index in [4.69, 9.17) is 0 Å². The fourth-order valence-corrected chi connectivity index (χ4v) is 6.55. The van der Waals surface area contributed by atoms with E-state index in [1.165, 1.54) is 56.9 Å². The molecule has 3 rings (SSSR count). The van der Waals surface area contributed by atoms with Gasteiger partial charge in [-0.25, -0.2) is 0 Å². The van der Waals surface area contributed by atoms with Gasteiger partial charge in [0.15, 0.2) is 0 Å². The monoisotopic (exact) mass is 374 g/mol. The minimum absolute atomic E-state index is 0.00651. The molecule has 0 bridgehead atoms. The third-order valence-electron chi connectivity index (χ3n) is 8.43. The highest BCUT2D eigenvalue weighted by Crippen LogP contribution is 2.59. The van der Waals surface area contributed by atoms with Crippen LogP contribution in [0.25, 0.3) is 0 Å². The van der Waals surface area contributed by atoms with Crippen LogP contribution in [0.4, 0.5) is 0 Å². The van der Waals surface area contributed by atoms with Gasteiger partial charge in [0.1, 0.15) is 0 Å². The second kappa shape index (κ2) is 8.82. The van der Waals surface area contributed by atoms with Gasteiger partial charge in [0.25, 0.3) is 0 Å². The first-order valence-electron chi connectivity index (χ1n) is 11.6. The summed E-state index contributed by atoms with van der Waals surface area (Å²) in [5.41, 5.74) is 3.35. The van der Waals surface area contributed by atoms with Gasteiger partial charge in [-0.05, 0) is 68.1 Å². The molecule has 2 heteroatoms. The van der Waals surface area contributed by atoms with Crippen LogP contribution in [0.15, 0.2) is 23.3 Å². The van der Waals surface area contributed by atoms with Crippen molar-refractivity contribution in [3.05, 3.63) is 23.3 Å². The molecule has 0 heterocycles. The van der Waals surface area contributed by atoms with Crippen molar-refractivity contribution >= 4 is 0 Å². The Labute approximate surface area is 167 Å². The summed E-state index contributed by atoms with van der Waals surface area (Å²) >= 11 is 0. The van der Waals surface area contributed by atoms with E-state index in [0.717, 1.165) is 30.6 Å². The van der Waals surface area contributed by atoms with Crippen molar-refractivity contribution in [2.45, 2.75) is 104 Å². The molecular weight excluding hydrogens is 332 g/mol. The number of hydrogen-bond acceptors (Lipinski definition) is 2. The Morgan fingerprint density at radius 2 is 1.85 bits per heavy atom.